The van der Waals surface area contributed by atoms with E-state index in [1.807, 2.05) is 0 Å². The van der Waals surface area contributed by atoms with Crippen LogP contribution in [0.2, 0.25) is 5.02 Å². The lowest BCUT2D eigenvalue weighted by atomic mass is 9.87. The fourth-order valence-electron chi connectivity index (χ4n) is 3.57. The van der Waals surface area contributed by atoms with Crippen LogP contribution in [0.25, 0.3) is 0 Å². The Morgan fingerprint density at radius 2 is 1.77 bits per heavy atom. The minimum absolute atomic E-state index is 0.321. The molecular weight excluding hydrogens is 486 g/mol. The molecule has 2 heterocycles. The first-order valence-corrected chi connectivity index (χ1v) is 11.1. The molecule has 2 unspecified atom stereocenters. The third kappa shape index (κ3) is 6.91. The van der Waals surface area contributed by atoms with Crippen LogP contribution in [0.3, 0.4) is 0 Å². The number of hydrogen-bond acceptors (Lipinski definition) is 4. The normalized spacial score (nSPS) is 13.7. The van der Waals surface area contributed by atoms with E-state index in [0.717, 1.165) is 23.4 Å². The maximum Gasteiger partial charge on any atom is 0.421 e. The summed E-state index contributed by atoms with van der Waals surface area (Å²) in [6.45, 7) is 4.52. The first-order valence-electron chi connectivity index (χ1n) is 10.7. The number of benzene rings is 1. The van der Waals surface area contributed by atoms with Crippen LogP contribution in [0.15, 0.2) is 61.2 Å². The molecule has 10 heteroatoms. The topological polar surface area (TPSA) is 64.1 Å². The van der Waals surface area contributed by atoms with Gasteiger partial charge < -0.3 is 10.1 Å². The van der Waals surface area contributed by atoms with Crippen molar-refractivity contribution in [2.24, 2.45) is 0 Å². The van der Waals surface area contributed by atoms with Gasteiger partial charge in [0.1, 0.15) is 17.1 Å². The highest BCUT2D eigenvalue weighted by Gasteiger charge is 2.39. The molecule has 1 amide bonds. The number of alkyl halides is 3. The van der Waals surface area contributed by atoms with E-state index in [2.05, 4.69) is 15.3 Å². The van der Waals surface area contributed by atoms with Gasteiger partial charge in [-0.2, -0.15) is 13.2 Å². The lowest BCUT2D eigenvalue weighted by Crippen LogP contribution is -2.51. The maximum atomic E-state index is 13.4. The minimum Gasteiger partial charge on any atom is -0.477 e. The molecule has 0 aliphatic carbocycles. The molecular formula is C25H24ClF4N3O2. The lowest BCUT2D eigenvalue weighted by molar-refractivity contribution is -0.144. The molecule has 0 fully saturated rings. The van der Waals surface area contributed by atoms with Crippen molar-refractivity contribution >= 4 is 17.5 Å². The fraction of sp³-hybridized carbons (Fsp3) is 0.320. The average Bonchev–Trinajstić information content (AvgIpc) is 2.78. The zero-order chi connectivity index (χ0) is 25.8. The second-order valence-electron chi connectivity index (χ2n) is 8.62. The van der Waals surface area contributed by atoms with E-state index in [0.29, 0.717) is 17.6 Å². The Hall–Kier alpha value is -3.20. The van der Waals surface area contributed by atoms with Crippen molar-refractivity contribution in [3.63, 3.8) is 0 Å². The minimum atomic E-state index is -4.69. The monoisotopic (exact) mass is 509 g/mol. The number of carbonyl (C=O) groups excluding carboxylic acids is 1. The van der Waals surface area contributed by atoms with Gasteiger partial charge in [0, 0.05) is 36.7 Å². The number of pyridine rings is 2. The van der Waals surface area contributed by atoms with Crippen molar-refractivity contribution in [3.8, 4) is 5.75 Å². The summed E-state index contributed by atoms with van der Waals surface area (Å²) in [4.78, 5) is 20.7. The molecule has 3 aromatic rings. The molecule has 0 spiro atoms. The maximum absolute atomic E-state index is 13.4. The Kier molecular flexibility index (Phi) is 8.00. The fourth-order valence-corrected chi connectivity index (χ4v) is 3.76. The van der Waals surface area contributed by atoms with Crippen molar-refractivity contribution in [1.29, 1.82) is 0 Å². The van der Waals surface area contributed by atoms with Crippen molar-refractivity contribution in [2.75, 3.05) is 0 Å². The summed E-state index contributed by atoms with van der Waals surface area (Å²) in [6.07, 6.45) is 0.643. The van der Waals surface area contributed by atoms with E-state index < -0.39 is 35.0 Å². The summed E-state index contributed by atoms with van der Waals surface area (Å²) in [5.74, 6) is -1.81. The Balaban J connectivity index is 1.82. The molecule has 0 saturated heterocycles. The van der Waals surface area contributed by atoms with Crippen LogP contribution in [0.4, 0.5) is 17.6 Å². The van der Waals surface area contributed by atoms with Gasteiger partial charge in [-0.1, -0.05) is 23.7 Å². The highest BCUT2D eigenvalue weighted by atomic mass is 35.5. The van der Waals surface area contributed by atoms with E-state index in [-0.39, 0.29) is 11.7 Å². The van der Waals surface area contributed by atoms with Gasteiger partial charge in [0.2, 0.25) is 0 Å². The van der Waals surface area contributed by atoms with Crippen LogP contribution in [-0.4, -0.2) is 27.5 Å². The second kappa shape index (κ2) is 10.6. The van der Waals surface area contributed by atoms with Gasteiger partial charge in [-0.05, 0) is 62.6 Å². The molecule has 5 nitrogen and oxygen atoms in total. The quantitative estimate of drug-likeness (QED) is 0.380. The zero-order valence-corrected chi connectivity index (χ0v) is 20.0. The third-order valence-electron chi connectivity index (χ3n) is 5.48. The number of nitrogens with one attached hydrogen (secondary N) is 1. The van der Waals surface area contributed by atoms with Crippen LogP contribution in [-0.2, 0) is 17.4 Å². The predicted octanol–water partition coefficient (Wildman–Crippen LogP) is 5.98. The Morgan fingerprint density at radius 1 is 1.09 bits per heavy atom. The second-order valence-corrected chi connectivity index (χ2v) is 9.05. The molecule has 1 aromatic carbocycles. The number of nitrogens with zero attached hydrogens (tertiary/aromatic N) is 2. The first kappa shape index (κ1) is 26.4. The summed E-state index contributed by atoms with van der Waals surface area (Å²) in [6, 6.07) is 8.25. The molecule has 2 aromatic heterocycles. The van der Waals surface area contributed by atoms with Crippen LogP contribution >= 0.6 is 11.6 Å². The highest BCUT2D eigenvalue weighted by molar-refractivity contribution is 6.30. The van der Waals surface area contributed by atoms with Crippen LogP contribution in [0.1, 0.15) is 43.4 Å². The van der Waals surface area contributed by atoms with Gasteiger partial charge >= 0.3 is 6.18 Å². The van der Waals surface area contributed by atoms with Crippen molar-refractivity contribution in [3.05, 3.63) is 88.7 Å². The Labute approximate surface area is 205 Å². The largest absolute Gasteiger partial charge is 0.477 e. The summed E-state index contributed by atoms with van der Waals surface area (Å²) in [7, 11) is 0. The van der Waals surface area contributed by atoms with Gasteiger partial charge in [-0.15, -0.1) is 0 Å². The smallest absolute Gasteiger partial charge is 0.421 e. The summed E-state index contributed by atoms with van der Waals surface area (Å²) >= 11 is 6.12. The van der Waals surface area contributed by atoms with E-state index >= 15 is 0 Å². The number of amides is 1. The Bertz CT molecular complexity index is 1170. The summed E-state index contributed by atoms with van der Waals surface area (Å²) < 4.78 is 58.9. The van der Waals surface area contributed by atoms with E-state index in [1.165, 1.54) is 32.2 Å². The molecule has 0 radical (unpaired) electrons. The molecule has 35 heavy (non-hydrogen) atoms. The molecule has 0 saturated carbocycles. The molecule has 0 aliphatic heterocycles. The van der Waals surface area contributed by atoms with Gasteiger partial charge in [0.15, 0.2) is 5.60 Å². The van der Waals surface area contributed by atoms with E-state index in [1.54, 1.807) is 31.3 Å². The van der Waals surface area contributed by atoms with Gasteiger partial charge in [-0.25, -0.2) is 4.39 Å². The first-order chi connectivity index (χ1) is 16.4. The zero-order valence-electron chi connectivity index (χ0n) is 19.2. The summed E-state index contributed by atoms with van der Waals surface area (Å²) in [5, 5.41) is 3.25. The predicted molar refractivity (Wildman–Crippen MR) is 124 cm³/mol. The lowest BCUT2D eigenvalue weighted by Gasteiger charge is -2.31. The number of aromatic nitrogens is 2. The molecule has 0 bridgehead atoms. The number of halogens is 5. The van der Waals surface area contributed by atoms with E-state index in [9.17, 15) is 22.4 Å². The number of ether oxygens (including phenoxy) is 1. The SMILES string of the molecule is CC(NC(=O)C(C)(C)Oc1ccncc1C(F)(F)F)C(Cc1ccc(F)cc1)c1cncc(Cl)c1. The van der Waals surface area contributed by atoms with Gasteiger partial charge in [0.05, 0.1) is 5.02 Å². The van der Waals surface area contributed by atoms with Crippen LogP contribution < -0.4 is 10.1 Å². The van der Waals surface area contributed by atoms with Crippen LogP contribution in [0, 0.1) is 5.82 Å². The molecule has 1 N–H and O–H groups in total. The molecule has 3 rings (SSSR count). The number of rotatable bonds is 8. The van der Waals surface area contributed by atoms with Crippen molar-refractivity contribution < 1.29 is 27.1 Å². The molecule has 0 aliphatic rings. The van der Waals surface area contributed by atoms with E-state index in [4.69, 9.17) is 16.3 Å². The van der Waals surface area contributed by atoms with Crippen LogP contribution in [0.5, 0.6) is 5.75 Å². The highest BCUT2D eigenvalue weighted by Crippen LogP contribution is 2.37. The van der Waals surface area contributed by atoms with Crippen molar-refractivity contribution in [1.82, 2.24) is 15.3 Å². The third-order valence-corrected chi connectivity index (χ3v) is 5.69. The number of carbonyl (C=O) groups is 1. The summed E-state index contributed by atoms with van der Waals surface area (Å²) in [5.41, 5.74) is -1.16. The Morgan fingerprint density at radius 3 is 2.40 bits per heavy atom. The van der Waals surface area contributed by atoms with Crippen molar-refractivity contribution in [2.45, 2.75) is 50.9 Å². The molecule has 186 valence electrons. The standard InChI is InChI=1S/C25H24ClF4N3O2/c1-15(20(17-11-18(26)13-32-12-17)10-16-4-6-19(27)7-5-16)33-23(34)24(2,3)35-22-8-9-31-14-21(22)25(28,29)30/h4-9,11-15,20H,10H2,1-3H3,(H,33,34). The van der Waals surface area contributed by atoms with Gasteiger partial charge in [0.25, 0.3) is 5.91 Å². The number of hydrogen-bond donors (Lipinski definition) is 1. The average molecular weight is 510 g/mol. The molecule has 2 atom stereocenters. The van der Waals surface area contributed by atoms with Gasteiger partial charge in [-0.3, -0.25) is 14.8 Å².